The van der Waals surface area contributed by atoms with E-state index in [1.54, 1.807) is 0 Å². The van der Waals surface area contributed by atoms with Crippen molar-refractivity contribution in [2.24, 2.45) is 11.7 Å². The van der Waals surface area contributed by atoms with E-state index in [1.165, 1.54) is 0 Å². The summed E-state index contributed by atoms with van der Waals surface area (Å²) in [5.74, 6) is 0.646. The van der Waals surface area contributed by atoms with Crippen molar-refractivity contribution < 1.29 is 9.59 Å². The van der Waals surface area contributed by atoms with Gasteiger partial charge in [-0.05, 0) is 31.6 Å². The Labute approximate surface area is 126 Å². The molecule has 0 radical (unpaired) electrons. The van der Waals surface area contributed by atoms with Crippen molar-refractivity contribution in [3.8, 4) is 0 Å². The van der Waals surface area contributed by atoms with Crippen molar-refractivity contribution in [3.63, 3.8) is 0 Å². The lowest BCUT2D eigenvalue weighted by Gasteiger charge is -2.29. The molecule has 3 N–H and O–H groups in total. The number of carbonyl (C=O) groups is 2. The number of amides is 2. The number of halogens is 1. The summed E-state index contributed by atoms with van der Waals surface area (Å²) in [5.41, 5.74) is 6.06. The van der Waals surface area contributed by atoms with E-state index in [2.05, 4.69) is 5.32 Å². The van der Waals surface area contributed by atoms with Crippen molar-refractivity contribution >= 4 is 24.2 Å². The van der Waals surface area contributed by atoms with Crippen molar-refractivity contribution in [2.45, 2.75) is 63.1 Å². The summed E-state index contributed by atoms with van der Waals surface area (Å²) in [5, 5.41) is 2.91. The molecule has 20 heavy (non-hydrogen) atoms. The highest BCUT2D eigenvalue weighted by Crippen LogP contribution is 2.32. The van der Waals surface area contributed by atoms with E-state index < -0.39 is 0 Å². The van der Waals surface area contributed by atoms with Gasteiger partial charge in [-0.1, -0.05) is 6.42 Å². The fourth-order valence-electron chi connectivity index (χ4n) is 3.94. The first-order valence-electron chi connectivity index (χ1n) is 7.48. The van der Waals surface area contributed by atoms with Crippen molar-refractivity contribution in [1.82, 2.24) is 10.2 Å². The highest BCUT2D eigenvalue weighted by atomic mass is 35.5. The van der Waals surface area contributed by atoms with Gasteiger partial charge in [0.05, 0.1) is 0 Å². The first-order chi connectivity index (χ1) is 9.15. The SMILES string of the molecule is Cl.N[C@@H]1CCC[C@H]1CC(=O)N1C2CCC1CC(=O)NC2. The van der Waals surface area contributed by atoms with Crippen LogP contribution in [0.3, 0.4) is 0 Å². The van der Waals surface area contributed by atoms with Crippen LogP contribution in [0.1, 0.15) is 44.9 Å². The Bertz CT molecular complexity index is 391. The zero-order valence-corrected chi connectivity index (χ0v) is 12.5. The Morgan fingerprint density at radius 3 is 2.70 bits per heavy atom. The molecule has 114 valence electrons. The maximum atomic E-state index is 12.6. The third-order valence-corrected chi connectivity index (χ3v) is 5.02. The molecule has 2 saturated heterocycles. The van der Waals surface area contributed by atoms with Crippen LogP contribution in [0, 0.1) is 5.92 Å². The molecular formula is C14H24ClN3O2. The molecule has 3 rings (SSSR count). The van der Waals surface area contributed by atoms with Gasteiger partial charge in [-0.2, -0.15) is 0 Å². The molecule has 2 heterocycles. The molecule has 6 heteroatoms. The Morgan fingerprint density at radius 2 is 2.00 bits per heavy atom. The second kappa shape index (κ2) is 6.31. The predicted molar refractivity (Wildman–Crippen MR) is 78.5 cm³/mol. The molecule has 3 aliphatic rings. The molecule has 0 aromatic carbocycles. The van der Waals surface area contributed by atoms with E-state index in [0.29, 0.717) is 25.3 Å². The minimum Gasteiger partial charge on any atom is -0.354 e. The summed E-state index contributed by atoms with van der Waals surface area (Å²) >= 11 is 0. The molecular weight excluding hydrogens is 278 g/mol. The Morgan fingerprint density at radius 1 is 1.25 bits per heavy atom. The Kier molecular flexibility index (Phi) is 4.91. The number of rotatable bonds is 2. The third kappa shape index (κ3) is 2.93. The Balaban J connectivity index is 0.00000147. The van der Waals surface area contributed by atoms with Crippen LogP contribution >= 0.6 is 12.4 Å². The van der Waals surface area contributed by atoms with Gasteiger partial charge in [0.25, 0.3) is 0 Å². The molecule has 2 aliphatic heterocycles. The van der Waals surface area contributed by atoms with Gasteiger partial charge < -0.3 is 16.0 Å². The fourth-order valence-corrected chi connectivity index (χ4v) is 3.94. The van der Waals surface area contributed by atoms with E-state index in [0.717, 1.165) is 32.1 Å². The summed E-state index contributed by atoms with van der Waals surface area (Å²) < 4.78 is 0. The smallest absolute Gasteiger partial charge is 0.223 e. The topological polar surface area (TPSA) is 75.4 Å². The van der Waals surface area contributed by atoms with Gasteiger partial charge in [0.1, 0.15) is 0 Å². The molecule has 2 bridgehead atoms. The number of carbonyl (C=O) groups excluding carboxylic acids is 2. The highest BCUT2D eigenvalue weighted by molar-refractivity contribution is 5.85. The van der Waals surface area contributed by atoms with Crippen LogP contribution in [0.25, 0.3) is 0 Å². The van der Waals surface area contributed by atoms with E-state index in [9.17, 15) is 9.59 Å². The van der Waals surface area contributed by atoms with Gasteiger partial charge in [-0.3, -0.25) is 9.59 Å². The van der Waals surface area contributed by atoms with Crippen LogP contribution in [0.15, 0.2) is 0 Å². The summed E-state index contributed by atoms with van der Waals surface area (Å²) in [6.45, 7) is 0.623. The van der Waals surface area contributed by atoms with Crippen molar-refractivity contribution in [3.05, 3.63) is 0 Å². The molecule has 5 nitrogen and oxygen atoms in total. The normalized spacial score (nSPS) is 36.2. The average Bonchev–Trinajstić information content (AvgIpc) is 2.88. The van der Waals surface area contributed by atoms with Gasteiger partial charge in [-0.25, -0.2) is 0 Å². The fraction of sp³-hybridized carbons (Fsp3) is 0.857. The second-order valence-electron chi connectivity index (χ2n) is 6.25. The molecule has 1 aliphatic carbocycles. The van der Waals surface area contributed by atoms with Crippen LogP contribution < -0.4 is 11.1 Å². The van der Waals surface area contributed by atoms with Gasteiger partial charge in [0.15, 0.2) is 0 Å². The summed E-state index contributed by atoms with van der Waals surface area (Å²) in [6.07, 6.45) is 6.30. The number of fused-ring (bicyclic) bond motifs is 2. The summed E-state index contributed by atoms with van der Waals surface area (Å²) in [7, 11) is 0. The minimum atomic E-state index is 0. The molecule has 1 saturated carbocycles. The number of nitrogens with one attached hydrogen (secondary N) is 1. The van der Waals surface area contributed by atoms with Crippen molar-refractivity contribution in [2.75, 3.05) is 6.54 Å². The minimum absolute atomic E-state index is 0. The summed E-state index contributed by atoms with van der Waals surface area (Å²) in [4.78, 5) is 26.1. The van der Waals surface area contributed by atoms with Crippen LogP contribution in [-0.4, -0.2) is 41.4 Å². The molecule has 0 spiro atoms. The first kappa shape index (κ1) is 15.6. The van der Waals surface area contributed by atoms with Crippen LogP contribution in [0.2, 0.25) is 0 Å². The maximum Gasteiger partial charge on any atom is 0.223 e. The van der Waals surface area contributed by atoms with Crippen molar-refractivity contribution in [1.29, 1.82) is 0 Å². The van der Waals surface area contributed by atoms with E-state index in [4.69, 9.17) is 5.73 Å². The Hall–Kier alpha value is -0.810. The molecule has 2 amide bonds. The monoisotopic (exact) mass is 301 g/mol. The average molecular weight is 302 g/mol. The number of nitrogens with zero attached hydrogens (tertiary/aromatic N) is 1. The molecule has 0 aromatic rings. The van der Waals surface area contributed by atoms with E-state index in [-0.39, 0.29) is 42.3 Å². The van der Waals surface area contributed by atoms with Crippen LogP contribution in [-0.2, 0) is 9.59 Å². The van der Waals surface area contributed by atoms with E-state index in [1.807, 2.05) is 4.90 Å². The number of hydrogen-bond acceptors (Lipinski definition) is 3. The zero-order valence-electron chi connectivity index (χ0n) is 11.7. The van der Waals surface area contributed by atoms with Gasteiger partial charge in [0.2, 0.25) is 11.8 Å². The van der Waals surface area contributed by atoms with Crippen LogP contribution in [0.5, 0.6) is 0 Å². The van der Waals surface area contributed by atoms with Crippen LogP contribution in [0.4, 0.5) is 0 Å². The zero-order chi connectivity index (χ0) is 13.4. The molecule has 3 fully saturated rings. The number of nitrogens with two attached hydrogens (primary N) is 1. The highest BCUT2D eigenvalue weighted by Gasteiger charge is 2.41. The van der Waals surface area contributed by atoms with Gasteiger partial charge in [-0.15, -0.1) is 12.4 Å². The molecule has 2 unspecified atom stereocenters. The lowest BCUT2D eigenvalue weighted by Crippen LogP contribution is -2.44. The lowest BCUT2D eigenvalue weighted by atomic mass is 9.99. The quantitative estimate of drug-likeness (QED) is 0.792. The predicted octanol–water partition coefficient (Wildman–Crippen LogP) is 0.805. The first-order valence-corrected chi connectivity index (χ1v) is 7.48. The molecule has 4 atom stereocenters. The maximum absolute atomic E-state index is 12.6. The standard InChI is InChI=1S/C14H23N3O2.ClH/c15-12-3-1-2-9(12)6-14(19)17-10-4-5-11(17)8-16-13(18)7-10;/h9-12H,1-8,15H2,(H,16,18);1H/t9-,10?,11?,12+;/m0./s1. The lowest BCUT2D eigenvalue weighted by molar-refractivity contribution is -0.135. The summed E-state index contributed by atoms with van der Waals surface area (Å²) in [6, 6.07) is 0.521. The van der Waals surface area contributed by atoms with Gasteiger partial charge >= 0.3 is 0 Å². The number of hydrogen-bond donors (Lipinski definition) is 2. The van der Waals surface area contributed by atoms with E-state index >= 15 is 0 Å². The van der Waals surface area contributed by atoms with Gasteiger partial charge in [0, 0.05) is 37.5 Å². The second-order valence-corrected chi connectivity index (χ2v) is 6.25. The third-order valence-electron chi connectivity index (χ3n) is 5.02. The largest absolute Gasteiger partial charge is 0.354 e. The molecule has 0 aromatic heterocycles.